The summed E-state index contributed by atoms with van der Waals surface area (Å²) in [7, 11) is 0. The average Bonchev–Trinajstić information content (AvgIpc) is 2.62. The minimum Gasteiger partial charge on any atom is -0.325 e. The Balaban J connectivity index is 2.23. The molecule has 12 heavy (non-hydrogen) atoms. The number of hydrogen-bond donors (Lipinski definition) is 1. The fourth-order valence-corrected chi connectivity index (χ4v) is 1.08. The Morgan fingerprint density at radius 3 is 2.25 bits per heavy atom. The highest BCUT2D eigenvalue weighted by Crippen LogP contribution is 2.39. The maximum atomic E-state index is 12.0. The van der Waals surface area contributed by atoms with Gasteiger partial charge in [-0.1, -0.05) is 6.92 Å². The van der Waals surface area contributed by atoms with Crippen LogP contribution in [0.15, 0.2) is 0 Å². The molecule has 0 spiro atoms. The van der Waals surface area contributed by atoms with Crippen LogP contribution < -0.4 is 5.73 Å². The molecule has 1 rings (SSSR count). The Labute approximate surface area is 70.1 Å². The van der Waals surface area contributed by atoms with E-state index in [0.29, 0.717) is 6.42 Å². The molecule has 0 saturated heterocycles. The Morgan fingerprint density at radius 2 is 1.92 bits per heavy atom. The first-order valence-electron chi connectivity index (χ1n) is 4.19. The van der Waals surface area contributed by atoms with Crippen LogP contribution in [0.5, 0.6) is 0 Å². The Kier molecular flexibility index (Phi) is 2.38. The van der Waals surface area contributed by atoms with Crippen molar-refractivity contribution < 1.29 is 13.2 Å². The van der Waals surface area contributed by atoms with Gasteiger partial charge in [0.1, 0.15) is 0 Å². The zero-order valence-corrected chi connectivity index (χ0v) is 7.12. The molecule has 1 nitrogen and oxygen atoms in total. The minimum absolute atomic E-state index is 0.167. The third-order valence-electron chi connectivity index (χ3n) is 2.53. The van der Waals surface area contributed by atoms with Crippen molar-refractivity contribution >= 4 is 0 Å². The molecule has 0 aromatic rings. The molecule has 0 bridgehead atoms. The van der Waals surface area contributed by atoms with Gasteiger partial charge in [0.2, 0.25) is 0 Å². The predicted octanol–water partition coefficient (Wildman–Crippen LogP) is 2.46. The molecule has 1 unspecified atom stereocenters. The molecule has 0 aliphatic heterocycles. The largest absolute Gasteiger partial charge is 0.391 e. The fraction of sp³-hybridized carbons (Fsp3) is 1.00. The number of alkyl halides is 3. The molecule has 1 aliphatic rings. The summed E-state index contributed by atoms with van der Waals surface area (Å²) in [5, 5.41) is 0. The van der Waals surface area contributed by atoms with Crippen LogP contribution in [-0.2, 0) is 0 Å². The highest BCUT2D eigenvalue weighted by Gasteiger charge is 2.41. The molecule has 0 radical (unpaired) electrons. The number of halogens is 3. The van der Waals surface area contributed by atoms with Gasteiger partial charge < -0.3 is 5.73 Å². The highest BCUT2D eigenvalue weighted by molar-refractivity contribution is 4.98. The molecule has 72 valence electrons. The van der Waals surface area contributed by atoms with Gasteiger partial charge in [-0.2, -0.15) is 13.2 Å². The van der Waals surface area contributed by atoms with Crippen LogP contribution in [0, 0.1) is 5.92 Å². The van der Waals surface area contributed by atoms with E-state index in [-0.39, 0.29) is 12.0 Å². The molecular weight excluding hydrogens is 167 g/mol. The maximum Gasteiger partial charge on any atom is 0.391 e. The van der Waals surface area contributed by atoms with Crippen molar-refractivity contribution in [1.29, 1.82) is 0 Å². The average molecular weight is 181 g/mol. The third kappa shape index (κ3) is 2.66. The Morgan fingerprint density at radius 1 is 1.42 bits per heavy atom. The second-order valence-electron chi connectivity index (χ2n) is 3.84. The summed E-state index contributed by atoms with van der Waals surface area (Å²) in [6, 6.07) is 0. The van der Waals surface area contributed by atoms with Crippen molar-refractivity contribution in [1.82, 2.24) is 0 Å². The van der Waals surface area contributed by atoms with Crippen molar-refractivity contribution in [2.24, 2.45) is 11.7 Å². The number of hydrogen-bond acceptors (Lipinski definition) is 1. The monoisotopic (exact) mass is 181 g/mol. The first-order chi connectivity index (χ1) is 5.33. The molecule has 2 N–H and O–H groups in total. The normalized spacial score (nSPS) is 23.8. The van der Waals surface area contributed by atoms with E-state index in [0.717, 1.165) is 12.8 Å². The summed E-state index contributed by atoms with van der Waals surface area (Å²) in [4.78, 5) is 0. The second-order valence-corrected chi connectivity index (χ2v) is 3.84. The Bertz CT molecular complexity index is 160. The Hall–Kier alpha value is -0.250. The number of nitrogens with two attached hydrogens (primary N) is 1. The first kappa shape index (κ1) is 9.84. The van der Waals surface area contributed by atoms with Crippen LogP contribution in [-0.4, -0.2) is 11.7 Å². The van der Waals surface area contributed by atoms with Crippen LogP contribution in [0.1, 0.15) is 32.6 Å². The summed E-state index contributed by atoms with van der Waals surface area (Å²) in [5.74, 6) is -1.21. The van der Waals surface area contributed by atoms with Gasteiger partial charge in [-0.15, -0.1) is 0 Å². The molecule has 0 amide bonds. The van der Waals surface area contributed by atoms with Gasteiger partial charge in [0.15, 0.2) is 0 Å². The van der Waals surface area contributed by atoms with E-state index < -0.39 is 12.1 Å². The lowest BCUT2D eigenvalue weighted by Gasteiger charge is -2.17. The van der Waals surface area contributed by atoms with Crippen molar-refractivity contribution in [3.63, 3.8) is 0 Å². The van der Waals surface area contributed by atoms with Crippen molar-refractivity contribution in [3.05, 3.63) is 0 Å². The van der Waals surface area contributed by atoms with Crippen LogP contribution in [0.3, 0.4) is 0 Å². The molecule has 0 aromatic heterocycles. The minimum atomic E-state index is -4.05. The molecular formula is C8H14F3N. The summed E-state index contributed by atoms with van der Waals surface area (Å²) in [5.41, 5.74) is 5.42. The van der Waals surface area contributed by atoms with Crippen LogP contribution in [0.2, 0.25) is 0 Å². The topological polar surface area (TPSA) is 26.0 Å². The lowest BCUT2D eigenvalue weighted by atomic mass is 10.0. The maximum absolute atomic E-state index is 12.0. The van der Waals surface area contributed by atoms with E-state index in [1.54, 1.807) is 0 Å². The van der Waals surface area contributed by atoms with E-state index in [9.17, 15) is 13.2 Å². The molecule has 1 atom stereocenters. The molecule has 4 heteroatoms. The molecule has 0 heterocycles. The van der Waals surface area contributed by atoms with E-state index in [4.69, 9.17) is 5.73 Å². The zero-order valence-electron chi connectivity index (χ0n) is 7.12. The highest BCUT2D eigenvalue weighted by atomic mass is 19.4. The van der Waals surface area contributed by atoms with Crippen molar-refractivity contribution in [2.45, 2.75) is 44.3 Å². The fourth-order valence-electron chi connectivity index (χ4n) is 1.08. The zero-order chi connectivity index (χ0) is 9.41. The van der Waals surface area contributed by atoms with E-state index in [1.807, 2.05) is 0 Å². The van der Waals surface area contributed by atoms with Crippen LogP contribution >= 0.6 is 0 Å². The van der Waals surface area contributed by atoms with Crippen molar-refractivity contribution in [2.75, 3.05) is 0 Å². The summed E-state index contributed by atoms with van der Waals surface area (Å²) >= 11 is 0. The molecule has 0 aromatic carbocycles. The summed E-state index contributed by atoms with van der Waals surface area (Å²) in [6.45, 7) is 1.21. The smallest absolute Gasteiger partial charge is 0.325 e. The van der Waals surface area contributed by atoms with Crippen LogP contribution in [0.25, 0.3) is 0 Å². The van der Waals surface area contributed by atoms with Gasteiger partial charge in [0.25, 0.3) is 0 Å². The number of rotatable bonds is 3. The van der Waals surface area contributed by atoms with E-state index in [1.165, 1.54) is 6.92 Å². The summed E-state index contributed by atoms with van der Waals surface area (Å²) in [6.07, 6.45) is -1.60. The van der Waals surface area contributed by atoms with Crippen LogP contribution in [0.4, 0.5) is 13.2 Å². The van der Waals surface area contributed by atoms with Gasteiger partial charge in [0.05, 0.1) is 5.92 Å². The van der Waals surface area contributed by atoms with Gasteiger partial charge in [-0.25, -0.2) is 0 Å². The van der Waals surface area contributed by atoms with Gasteiger partial charge in [-0.3, -0.25) is 0 Å². The van der Waals surface area contributed by atoms with Crippen molar-refractivity contribution in [3.8, 4) is 0 Å². The van der Waals surface area contributed by atoms with E-state index >= 15 is 0 Å². The molecule has 1 saturated carbocycles. The van der Waals surface area contributed by atoms with Gasteiger partial charge >= 0.3 is 6.18 Å². The quantitative estimate of drug-likeness (QED) is 0.711. The van der Waals surface area contributed by atoms with E-state index in [2.05, 4.69) is 0 Å². The third-order valence-corrected chi connectivity index (χ3v) is 2.53. The lowest BCUT2D eigenvalue weighted by Crippen LogP contribution is -2.26. The second kappa shape index (κ2) is 2.91. The first-order valence-corrected chi connectivity index (χ1v) is 4.19. The molecule has 1 fully saturated rings. The summed E-state index contributed by atoms with van der Waals surface area (Å²) < 4.78 is 36.0. The SMILES string of the molecule is CC(CCC1(N)CC1)C(F)(F)F. The standard InChI is InChI=1S/C8H14F3N/c1-6(8(9,10)11)2-3-7(12)4-5-7/h6H,2-5,12H2,1H3. The van der Waals surface area contributed by atoms with Gasteiger partial charge in [-0.05, 0) is 25.7 Å². The molecule has 1 aliphatic carbocycles. The van der Waals surface area contributed by atoms with Gasteiger partial charge in [0, 0.05) is 5.54 Å². The predicted molar refractivity (Wildman–Crippen MR) is 40.6 cm³/mol. The lowest BCUT2D eigenvalue weighted by molar-refractivity contribution is -0.171.